The molecule has 1 aromatic carbocycles. The standard InChI is InChI=1S/C18H21NO3/c1-22-15-9-7-14(8-10-15)16-6-5-13-19(16)18(17(20)21)11-3-2-4-12-18/h5-10,13H,2-4,11-12H2,1H3,(H,20,21). The van der Waals surface area contributed by atoms with E-state index < -0.39 is 11.5 Å². The average Bonchev–Trinajstić information content (AvgIpc) is 3.05. The Bertz CT molecular complexity index is 651. The molecule has 4 heteroatoms. The summed E-state index contributed by atoms with van der Waals surface area (Å²) in [6, 6.07) is 11.7. The second-order valence-electron chi connectivity index (χ2n) is 5.89. The highest BCUT2D eigenvalue weighted by atomic mass is 16.5. The first kappa shape index (κ1) is 14.7. The van der Waals surface area contributed by atoms with Gasteiger partial charge in [-0.05, 0) is 54.8 Å². The highest BCUT2D eigenvalue weighted by Gasteiger charge is 2.42. The summed E-state index contributed by atoms with van der Waals surface area (Å²) in [5, 5.41) is 9.87. The van der Waals surface area contributed by atoms with E-state index >= 15 is 0 Å². The molecule has 0 bridgehead atoms. The number of carboxylic acid groups (broad SMARTS) is 1. The number of rotatable bonds is 4. The van der Waals surface area contributed by atoms with E-state index in [9.17, 15) is 9.90 Å². The molecule has 0 amide bonds. The molecule has 0 aliphatic heterocycles. The lowest BCUT2D eigenvalue weighted by molar-refractivity contribution is -0.149. The Morgan fingerprint density at radius 3 is 2.41 bits per heavy atom. The van der Waals surface area contributed by atoms with Crippen LogP contribution < -0.4 is 4.74 Å². The minimum atomic E-state index is -0.809. The third-order valence-corrected chi connectivity index (χ3v) is 4.67. The molecular formula is C18H21NO3. The minimum Gasteiger partial charge on any atom is -0.497 e. The van der Waals surface area contributed by atoms with Gasteiger partial charge in [0.25, 0.3) is 0 Å². The topological polar surface area (TPSA) is 51.5 Å². The van der Waals surface area contributed by atoms with Crippen molar-refractivity contribution in [1.82, 2.24) is 4.57 Å². The molecule has 0 atom stereocenters. The summed E-state index contributed by atoms with van der Waals surface area (Å²) in [7, 11) is 1.64. The number of hydrogen-bond donors (Lipinski definition) is 1. The van der Waals surface area contributed by atoms with Crippen molar-refractivity contribution in [3.63, 3.8) is 0 Å². The highest BCUT2D eigenvalue weighted by Crippen LogP contribution is 2.39. The number of ether oxygens (including phenoxy) is 1. The maximum Gasteiger partial charge on any atom is 0.329 e. The van der Waals surface area contributed by atoms with Crippen LogP contribution in [0, 0.1) is 0 Å². The van der Waals surface area contributed by atoms with Gasteiger partial charge in [0.1, 0.15) is 11.3 Å². The van der Waals surface area contributed by atoms with Crippen LogP contribution in [-0.4, -0.2) is 22.8 Å². The van der Waals surface area contributed by atoms with Gasteiger partial charge in [-0.25, -0.2) is 4.79 Å². The number of benzene rings is 1. The average molecular weight is 299 g/mol. The molecule has 1 aliphatic rings. The fraction of sp³-hybridized carbons (Fsp3) is 0.389. The van der Waals surface area contributed by atoms with Gasteiger partial charge in [-0.3, -0.25) is 0 Å². The van der Waals surface area contributed by atoms with Crippen molar-refractivity contribution in [3.05, 3.63) is 42.6 Å². The molecule has 1 heterocycles. The van der Waals surface area contributed by atoms with E-state index in [2.05, 4.69) is 0 Å². The first-order valence-corrected chi connectivity index (χ1v) is 7.73. The molecule has 0 saturated heterocycles. The van der Waals surface area contributed by atoms with Crippen LogP contribution in [-0.2, 0) is 10.3 Å². The fourth-order valence-corrected chi connectivity index (χ4v) is 3.45. The van der Waals surface area contributed by atoms with E-state index in [0.29, 0.717) is 12.8 Å². The molecule has 4 nitrogen and oxygen atoms in total. The van der Waals surface area contributed by atoms with Crippen molar-refractivity contribution < 1.29 is 14.6 Å². The number of aromatic nitrogens is 1. The van der Waals surface area contributed by atoms with Gasteiger partial charge in [0.15, 0.2) is 0 Å². The number of nitrogens with zero attached hydrogens (tertiary/aromatic N) is 1. The summed E-state index contributed by atoms with van der Waals surface area (Å²) in [6.45, 7) is 0. The van der Waals surface area contributed by atoms with Crippen LogP contribution in [0.2, 0.25) is 0 Å². The molecule has 1 fully saturated rings. The summed E-state index contributed by atoms with van der Waals surface area (Å²) in [6.07, 6.45) is 6.34. The van der Waals surface area contributed by atoms with Crippen LogP contribution in [0.15, 0.2) is 42.6 Å². The lowest BCUT2D eigenvalue weighted by Crippen LogP contribution is -2.43. The molecule has 0 unspecified atom stereocenters. The van der Waals surface area contributed by atoms with Gasteiger partial charge in [-0.1, -0.05) is 19.3 Å². The Morgan fingerprint density at radius 1 is 1.14 bits per heavy atom. The van der Waals surface area contributed by atoms with Crippen molar-refractivity contribution in [3.8, 4) is 17.0 Å². The van der Waals surface area contributed by atoms with Crippen LogP contribution in [0.5, 0.6) is 5.75 Å². The maximum atomic E-state index is 12.0. The predicted octanol–water partition coefficient (Wildman–Crippen LogP) is 3.91. The van der Waals surface area contributed by atoms with E-state index in [4.69, 9.17) is 4.74 Å². The second-order valence-corrected chi connectivity index (χ2v) is 5.89. The molecule has 3 rings (SSSR count). The van der Waals surface area contributed by atoms with Gasteiger partial charge in [0.2, 0.25) is 0 Å². The molecular weight excluding hydrogens is 278 g/mol. The second kappa shape index (κ2) is 5.87. The van der Waals surface area contributed by atoms with Gasteiger partial charge < -0.3 is 14.4 Å². The largest absolute Gasteiger partial charge is 0.497 e. The minimum absolute atomic E-state index is 0.695. The molecule has 1 aliphatic carbocycles. The smallest absolute Gasteiger partial charge is 0.329 e. The molecule has 0 spiro atoms. The molecule has 1 saturated carbocycles. The normalized spacial score (nSPS) is 17.1. The SMILES string of the molecule is COc1ccc(-c2cccn2C2(C(=O)O)CCCCC2)cc1. The summed E-state index contributed by atoms with van der Waals surface area (Å²) in [4.78, 5) is 12.0. The van der Waals surface area contributed by atoms with E-state index in [-0.39, 0.29) is 0 Å². The molecule has 22 heavy (non-hydrogen) atoms. The molecule has 1 aromatic heterocycles. The zero-order chi connectivity index (χ0) is 15.6. The Hall–Kier alpha value is -2.23. The Morgan fingerprint density at radius 2 is 1.82 bits per heavy atom. The van der Waals surface area contributed by atoms with Crippen LogP contribution in [0.1, 0.15) is 32.1 Å². The molecule has 1 N–H and O–H groups in total. The first-order chi connectivity index (χ1) is 10.7. The summed E-state index contributed by atoms with van der Waals surface area (Å²) < 4.78 is 7.14. The number of hydrogen-bond acceptors (Lipinski definition) is 2. The van der Waals surface area contributed by atoms with Crippen LogP contribution in [0.25, 0.3) is 11.3 Å². The molecule has 116 valence electrons. The van der Waals surface area contributed by atoms with Crippen molar-refractivity contribution in [2.24, 2.45) is 0 Å². The monoisotopic (exact) mass is 299 g/mol. The summed E-state index contributed by atoms with van der Waals surface area (Å²) >= 11 is 0. The van der Waals surface area contributed by atoms with Crippen LogP contribution in [0.4, 0.5) is 0 Å². The van der Waals surface area contributed by atoms with Gasteiger partial charge >= 0.3 is 5.97 Å². The maximum absolute atomic E-state index is 12.0. The van der Waals surface area contributed by atoms with E-state index in [1.165, 1.54) is 0 Å². The lowest BCUT2D eigenvalue weighted by atomic mass is 9.81. The van der Waals surface area contributed by atoms with Gasteiger partial charge in [0, 0.05) is 11.9 Å². The zero-order valence-electron chi connectivity index (χ0n) is 12.8. The van der Waals surface area contributed by atoms with Crippen molar-refractivity contribution in [2.45, 2.75) is 37.6 Å². The molecule has 2 aromatic rings. The first-order valence-electron chi connectivity index (χ1n) is 7.73. The molecule has 0 radical (unpaired) electrons. The lowest BCUT2D eigenvalue weighted by Gasteiger charge is -2.36. The number of aliphatic carboxylic acids is 1. The van der Waals surface area contributed by atoms with Crippen molar-refractivity contribution >= 4 is 5.97 Å². The van der Waals surface area contributed by atoms with E-state index in [0.717, 1.165) is 36.3 Å². The number of carbonyl (C=O) groups is 1. The quantitative estimate of drug-likeness (QED) is 0.931. The number of carboxylic acids is 1. The Balaban J connectivity index is 2.04. The summed E-state index contributed by atoms with van der Waals surface area (Å²) in [5.74, 6) is 0.0747. The van der Waals surface area contributed by atoms with Crippen molar-refractivity contribution in [2.75, 3.05) is 7.11 Å². The highest BCUT2D eigenvalue weighted by molar-refractivity contribution is 5.78. The van der Waals surface area contributed by atoms with Gasteiger partial charge in [0.05, 0.1) is 7.11 Å². The van der Waals surface area contributed by atoms with Crippen LogP contribution >= 0.6 is 0 Å². The fourth-order valence-electron chi connectivity index (χ4n) is 3.45. The zero-order valence-corrected chi connectivity index (χ0v) is 12.8. The van der Waals surface area contributed by atoms with Gasteiger partial charge in [-0.15, -0.1) is 0 Å². The Labute approximate surface area is 130 Å². The third kappa shape index (κ3) is 2.39. The predicted molar refractivity (Wildman–Crippen MR) is 85.1 cm³/mol. The number of methoxy groups -OCH3 is 1. The van der Waals surface area contributed by atoms with Crippen molar-refractivity contribution in [1.29, 1.82) is 0 Å². The van der Waals surface area contributed by atoms with Crippen LogP contribution in [0.3, 0.4) is 0 Å². The third-order valence-electron chi connectivity index (χ3n) is 4.67. The summed E-state index contributed by atoms with van der Waals surface area (Å²) in [5.41, 5.74) is 1.15. The van der Waals surface area contributed by atoms with E-state index in [1.54, 1.807) is 7.11 Å². The van der Waals surface area contributed by atoms with E-state index in [1.807, 2.05) is 47.2 Å². The van der Waals surface area contributed by atoms with Gasteiger partial charge in [-0.2, -0.15) is 0 Å². The Kier molecular flexibility index (Phi) is 3.92.